The second kappa shape index (κ2) is 7.82. The molecule has 2 fully saturated rings. The van der Waals surface area contributed by atoms with Crippen LogP contribution in [-0.4, -0.2) is 46.2 Å². The van der Waals surface area contributed by atoms with E-state index in [1.165, 1.54) is 43.9 Å². The van der Waals surface area contributed by atoms with E-state index in [0.29, 0.717) is 17.0 Å². The van der Waals surface area contributed by atoms with Crippen LogP contribution in [0.25, 0.3) is 10.9 Å². The van der Waals surface area contributed by atoms with Gasteiger partial charge in [0, 0.05) is 25.0 Å². The number of fused-ring (bicyclic) bond motifs is 2. The van der Waals surface area contributed by atoms with E-state index < -0.39 is 0 Å². The maximum atomic E-state index is 12.9. The van der Waals surface area contributed by atoms with Gasteiger partial charge in [0.1, 0.15) is 5.82 Å². The Balaban J connectivity index is 1.46. The first-order valence-electron chi connectivity index (χ1n) is 9.63. The molecule has 1 aliphatic heterocycles. The van der Waals surface area contributed by atoms with Crippen LogP contribution in [0, 0.1) is 5.92 Å². The van der Waals surface area contributed by atoms with Gasteiger partial charge in [0.2, 0.25) is 5.91 Å². The van der Waals surface area contributed by atoms with Crippen LogP contribution in [0.15, 0.2) is 29.4 Å². The number of nitrogens with one attached hydrogen (secondary N) is 1. The van der Waals surface area contributed by atoms with Crippen molar-refractivity contribution in [3.8, 4) is 0 Å². The third-order valence-electron chi connectivity index (χ3n) is 5.71. The summed E-state index contributed by atoms with van der Waals surface area (Å²) in [5, 5.41) is 4.81. The number of thioether (sulfide) groups is 1. The van der Waals surface area contributed by atoms with E-state index in [9.17, 15) is 4.79 Å². The van der Waals surface area contributed by atoms with Gasteiger partial charge in [-0.15, -0.1) is 0 Å². The molecule has 1 aromatic heterocycles. The molecule has 1 saturated carbocycles. The summed E-state index contributed by atoms with van der Waals surface area (Å²) in [6, 6.07) is 8.43. The summed E-state index contributed by atoms with van der Waals surface area (Å²) in [7, 11) is 1.87. The Morgan fingerprint density at radius 3 is 2.88 bits per heavy atom. The SMILES string of the molecule is CNc1nc(SCC(=O)N2CCC[C@@H]3CCCC[C@@H]32)nc2ccccc12. The number of likely N-dealkylation sites (tertiary alicyclic amines) is 1. The van der Waals surface area contributed by atoms with E-state index in [-0.39, 0.29) is 5.91 Å². The second-order valence-electron chi connectivity index (χ2n) is 7.25. The third-order valence-corrected chi connectivity index (χ3v) is 6.54. The Bertz CT molecular complexity index is 794. The van der Waals surface area contributed by atoms with Crippen molar-refractivity contribution in [3.05, 3.63) is 24.3 Å². The average molecular weight is 371 g/mol. The molecule has 1 aliphatic carbocycles. The molecule has 1 N–H and O–H groups in total. The number of rotatable bonds is 4. The maximum Gasteiger partial charge on any atom is 0.233 e. The number of benzene rings is 1. The molecule has 4 rings (SSSR count). The van der Waals surface area contributed by atoms with Crippen LogP contribution < -0.4 is 5.32 Å². The first-order valence-corrected chi connectivity index (χ1v) is 10.6. The summed E-state index contributed by atoms with van der Waals surface area (Å²) >= 11 is 1.45. The average Bonchev–Trinajstić information content (AvgIpc) is 2.70. The number of hydrogen-bond donors (Lipinski definition) is 1. The van der Waals surface area contributed by atoms with Crippen LogP contribution in [-0.2, 0) is 4.79 Å². The summed E-state index contributed by atoms with van der Waals surface area (Å²) in [5.41, 5.74) is 0.909. The predicted molar refractivity (Wildman–Crippen MR) is 107 cm³/mol. The Morgan fingerprint density at radius 2 is 2.00 bits per heavy atom. The largest absolute Gasteiger partial charge is 0.372 e. The van der Waals surface area contributed by atoms with Gasteiger partial charge in [-0.2, -0.15) is 0 Å². The van der Waals surface area contributed by atoms with Crippen LogP contribution in [0.4, 0.5) is 5.82 Å². The standard InChI is InChI=1S/C20H26N4OS/c1-21-19-15-9-3-4-10-16(15)22-20(23-19)26-13-18(25)24-12-6-8-14-7-2-5-11-17(14)24/h3-4,9-10,14,17H,2,5-8,11-13H2,1H3,(H,21,22,23)/t14-,17-/m0/s1. The number of anilines is 1. The lowest BCUT2D eigenvalue weighted by Gasteiger charge is -2.44. The number of nitrogens with zero attached hydrogens (tertiary/aromatic N) is 3. The van der Waals surface area contributed by atoms with E-state index in [0.717, 1.165) is 35.6 Å². The van der Waals surface area contributed by atoms with E-state index in [1.54, 1.807) is 0 Å². The van der Waals surface area contributed by atoms with Gasteiger partial charge in [-0.3, -0.25) is 4.79 Å². The van der Waals surface area contributed by atoms with Gasteiger partial charge in [0.15, 0.2) is 5.16 Å². The van der Waals surface area contributed by atoms with Crippen molar-refractivity contribution in [2.24, 2.45) is 5.92 Å². The van der Waals surface area contributed by atoms with Crippen LogP contribution in [0.1, 0.15) is 38.5 Å². The summed E-state index contributed by atoms with van der Waals surface area (Å²) < 4.78 is 0. The highest BCUT2D eigenvalue weighted by atomic mass is 32.2. The van der Waals surface area contributed by atoms with Crippen LogP contribution >= 0.6 is 11.8 Å². The smallest absolute Gasteiger partial charge is 0.233 e. The number of carbonyl (C=O) groups excluding carboxylic acids is 1. The van der Waals surface area contributed by atoms with Gasteiger partial charge in [-0.25, -0.2) is 9.97 Å². The molecular formula is C20H26N4OS. The Labute approximate surface area is 159 Å². The summed E-state index contributed by atoms with van der Waals surface area (Å²) in [5.74, 6) is 2.20. The highest BCUT2D eigenvalue weighted by Crippen LogP contribution is 2.35. The third kappa shape index (κ3) is 3.52. The molecule has 0 unspecified atom stereocenters. The van der Waals surface area contributed by atoms with E-state index >= 15 is 0 Å². The Hall–Kier alpha value is -1.82. The topological polar surface area (TPSA) is 58.1 Å². The van der Waals surface area contributed by atoms with Gasteiger partial charge in [0.25, 0.3) is 0 Å². The van der Waals surface area contributed by atoms with E-state index in [2.05, 4.69) is 20.2 Å². The Morgan fingerprint density at radius 1 is 1.19 bits per heavy atom. The minimum absolute atomic E-state index is 0.245. The van der Waals surface area contributed by atoms with Gasteiger partial charge in [-0.05, 0) is 43.7 Å². The van der Waals surface area contributed by atoms with Gasteiger partial charge < -0.3 is 10.2 Å². The van der Waals surface area contributed by atoms with Crippen molar-refractivity contribution in [1.82, 2.24) is 14.9 Å². The summed E-state index contributed by atoms with van der Waals surface area (Å²) in [6.45, 7) is 0.918. The quantitative estimate of drug-likeness (QED) is 0.652. The van der Waals surface area contributed by atoms with Crippen LogP contribution in [0.5, 0.6) is 0 Å². The molecule has 5 nitrogen and oxygen atoms in total. The zero-order valence-corrected chi connectivity index (χ0v) is 16.1. The van der Waals surface area contributed by atoms with Gasteiger partial charge in [0.05, 0.1) is 11.3 Å². The Kier molecular flexibility index (Phi) is 5.29. The summed E-state index contributed by atoms with van der Waals surface area (Å²) in [6.07, 6.45) is 7.50. The molecule has 1 aromatic carbocycles. The van der Waals surface area contributed by atoms with Crippen molar-refractivity contribution in [2.75, 3.05) is 24.7 Å². The molecule has 6 heteroatoms. The van der Waals surface area contributed by atoms with Gasteiger partial charge in [-0.1, -0.05) is 36.7 Å². The first-order chi connectivity index (χ1) is 12.8. The number of aromatic nitrogens is 2. The fourth-order valence-electron chi connectivity index (χ4n) is 4.45. The molecule has 0 spiro atoms. The minimum atomic E-state index is 0.245. The first kappa shape index (κ1) is 17.6. The number of carbonyl (C=O) groups is 1. The highest BCUT2D eigenvalue weighted by Gasteiger charge is 2.35. The van der Waals surface area contributed by atoms with E-state index in [4.69, 9.17) is 0 Å². The minimum Gasteiger partial charge on any atom is -0.372 e. The zero-order valence-electron chi connectivity index (χ0n) is 15.3. The zero-order chi connectivity index (χ0) is 17.9. The normalized spacial score (nSPS) is 22.9. The lowest BCUT2D eigenvalue weighted by Crippen LogP contribution is -2.50. The predicted octanol–water partition coefficient (Wildman–Crippen LogP) is 3.94. The van der Waals surface area contributed by atoms with Gasteiger partial charge >= 0.3 is 0 Å². The number of amides is 1. The van der Waals surface area contributed by atoms with Crippen LogP contribution in [0.2, 0.25) is 0 Å². The van der Waals surface area contributed by atoms with Crippen molar-refractivity contribution in [1.29, 1.82) is 0 Å². The molecular weight excluding hydrogens is 344 g/mol. The number of piperidine rings is 1. The molecule has 2 aromatic rings. The van der Waals surface area contributed by atoms with Crippen molar-refractivity contribution < 1.29 is 4.79 Å². The fourth-order valence-corrected chi connectivity index (χ4v) is 5.19. The van der Waals surface area contributed by atoms with Crippen molar-refractivity contribution >= 4 is 34.4 Å². The maximum absolute atomic E-state index is 12.9. The van der Waals surface area contributed by atoms with E-state index in [1.807, 2.05) is 31.3 Å². The molecule has 1 amide bonds. The molecule has 2 atom stereocenters. The molecule has 138 valence electrons. The van der Waals surface area contributed by atoms with Crippen LogP contribution in [0.3, 0.4) is 0 Å². The second-order valence-corrected chi connectivity index (χ2v) is 8.19. The number of hydrogen-bond acceptors (Lipinski definition) is 5. The molecule has 2 heterocycles. The molecule has 0 bridgehead atoms. The molecule has 26 heavy (non-hydrogen) atoms. The highest BCUT2D eigenvalue weighted by molar-refractivity contribution is 7.99. The van der Waals surface area contributed by atoms with Crippen molar-refractivity contribution in [2.45, 2.75) is 49.7 Å². The van der Waals surface area contributed by atoms with Crippen molar-refractivity contribution in [3.63, 3.8) is 0 Å². The monoisotopic (exact) mass is 370 g/mol. The lowest BCUT2D eigenvalue weighted by atomic mass is 9.78. The summed E-state index contributed by atoms with van der Waals surface area (Å²) in [4.78, 5) is 24.2. The molecule has 0 radical (unpaired) electrons. The molecule has 2 aliphatic rings. The lowest BCUT2D eigenvalue weighted by molar-refractivity contribution is -0.134. The fraction of sp³-hybridized carbons (Fsp3) is 0.550. The number of para-hydroxylation sites is 1. The molecule has 1 saturated heterocycles.